The standard InChI is InChI=1S/C26H28N4O2/c31-25(22-14-16-27-17-15-22)29-23-10-6-19(7-11-23)18-28-26(32)30-24-12-8-21(9-13-24)20-4-2-1-3-5-20/h1-7,10-11,14-17,21,24H,8-9,12-13,18H2,(H,29,31)(H2,28,30,32). The summed E-state index contributed by atoms with van der Waals surface area (Å²) in [5, 5.41) is 8.89. The molecule has 0 saturated heterocycles. The summed E-state index contributed by atoms with van der Waals surface area (Å²) < 4.78 is 0. The van der Waals surface area contributed by atoms with E-state index in [4.69, 9.17) is 0 Å². The maximum Gasteiger partial charge on any atom is 0.315 e. The predicted molar refractivity (Wildman–Crippen MR) is 125 cm³/mol. The fourth-order valence-corrected chi connectivity index (χ4v) is 4.13. The molecule has 6 heteroatoms. The molecular formula is C26H28N4O2. The van der Waals surface area contributed by atoms with E-state index < -0.39 is 0 Å². The number of benzene rings is 2. The topological polar surface area (TPSA) is 83.1 Å². The molecule has 0 bridgehead atoms. The van der Waals surface area contributed by atoms with Gasteiger partial charge in [0.05, 0.1) is 0 Å². The van der Waals surface area contributed by atoms with Crippen molar-refractivity contribution in [2.24, 2.45) is 0 Å². The summed E-state index contributed by atoms with van der Waals surface area (Å²) in [6.45, 7) is 0.434. The monoisotopic (exact) mass is 428 g/mol. The van der Waals surface area contributed by atoms with Gasteiger partial charge in [-0.25, -0.2) is 4.79 Å². The van der Waals surface area contributed by atoms with E-state index in [9.17, 15) is 9.59 Å². The van der Waals surface area contributed by atoms with Crippen molar-refractivity contribution >= 4 is 17.6 Å². The van der Waals surface area contributed by atoms with Gasteiger partial charge in [-0.05, 0) is 67.0 Å². The van der Waals surface area contributed by atoms with Crippen LogP contribution in [0.4, 0.5) is 10.5 Å². The number of nitrogens with one attached hydrogen (secondary N) is 3. The first-order valence-electron chi connectivity index (χ1n) is 11.1. The van der Waals surface area contributed by atoms with Gasteiger partial charge in [-0.2, -0.15) is 0 Å². The minimum Gasteiger partial charge on any atom is -0.335 e. The van der Waals surface area contributed by atoms with E-state index in [0.29, 0.717) is 23.7 Å². The minimum atomic E-state index is -0.181. The van der Waals surface area contributed by atoms with E-state index >= 15 is 0 Å². The third-order valence-corrected chi connectivity index (χ3v) is 5.94. The second kappa shape index (κ2) is 10.6. The molecule has 1 fully saturated rings. The zero-order chi connectivity index (χ0) is 22.2. The van der Waals surface area contributed by atoms with E-state index in [-0.39, 0.29) is 18.0 Å². The summed E-state index contributed by atoms with van der Waals surface area (Å²) in [6.07, 6.45) is 7.37. The number of carbonyl (C=O) groups is 2. The molecule has 3 aromatic rings. The Kier molecular flexibility index (Phi) is 7.12. The molecule has 164 valence electrons. The number of hydrogen-bond donors (Lipinski definition) is 3. The van der Waals surface area contributed by atoms with Crippen LogP contribution in [0.25, 0.3) is 0 Å². The third kappa shape index (κ3) is 5.94. The van der Waals surface area contributed by atoms with Crippen molar-refractivity contribution in [1.29, 1.82) is 0 Å². The molecule has 0 aliphatic heterocycles. The maximum atomic E-state index is 12.3. The number of anilines is 1. The van der Waals surface area contributed by atoms with Crippen LogP contribution in [0.2, 0.25) is 0 Å². The summed E-state index contributed by atoms with van der Waals surface area (Å²) in [6, 6.07) is 21.5. The Balaban J connectivity index is 1.19. The van der Waals surface area contributed by atoms with Crippen molar-refractivity contribution in [2.45, 2.75) is 44.2 Å². The lowest BCUT2D eigenvalue weighted by atomic mass is 9.82. The Hall–Kier alpha value is -3.67. The van der Waals surface area contributed by atoms with Gasteiger partial charge < -0.3 is 16.0 Å². The van der Waals surface area contributed by atoms with Crippen LogP contribution in [0.5, 0.6) is 0 Å². The van der Waals surface area contributed by atoms with Gasteiger partial charge in [-0.1, -0.05) is 42.5 Å². The summed E-state index contributed by atoms with van der Waals surface area (Å²) in [4.78, 5) is 28.4. The first kappa shape index (κ1) is 21.6. The smallest absolute Gasteiger partial charge is 0.315 e. The second-order valence-electron chi connectivity index (χ2n) is 8.17. The third-order valence-electron chi connectivity index (χ3n) is 5.94. The Morgan fingerprint density at radius 2 is 1.53 bits per heavy atom. The fourth-order valence-electron chi connectivity index (χ4n) is 4.13. The molecule has 1 saturated carbocycles. The van der Waals surface area contributed by atoms with Gasteiger partial charge in [-0.3, -0.25) is 9.78 Å². The van der Waals surface area contributed by atoms with Crippen LogP contribution in [0.1, 0.15) is 53.1 Å². The molecule has 0 unspecified atom stereocenters. The highest BCUT2D eigenvalue weighted by molar-refractivity contribution is 6.04. The van der Waals surface area contributed by atoms with Crippen molar-refractivity contribution in [3.8, 4) is 0 Å². The van der Waals surface area contributed by atoms with Gasteiger partial charge in [0.15, 0.2) is 0 Å². The van der Waals surface area contributed by atoms with Crippen LogP contribution in [-0.4, -0.2) is 23.0 Å². The van der Waals surface area contributed by atoms with E-state index in [1.165, 1.54) is 5.56 Å². The van der Waals surface area contributed by atoms with Crippen LogP contribution in [0, 0.1) is 0 Å². The average molecular weight is 429 g/mol. The summed E-state index contributed by atoms with van der Waals surface area (Å²) in [7, 11) is 0. The van der Waals surface area contributed by atoms with E-state index in [1.54, 1.807) is 24.5 Å². The van der Waals surface area contributed by atoms with Gasteiger partial charge in [0.2, 0.25) is 0 Å². The van der Waals surface area contributed by atoms with Crippen LogP contribution < -0.4 is 16.0 Å². The molecule has 3 amide bonds. The molecule has 0 spiro atoms. The lowest BCUT2D eigenvalue weighted by Gasteiger charge is -2.29. The van der Waals surface area contributed by atoms with Crippen LogP contribution in [0.3, 0.4) is 0 Å². The fraction of sp³-hybridized carbons (Fsp3) is 0.269. The number of aromatic nitrogens is 1. The number of nitrogens with zero attached hydrogens (tertiary/aromatic N) is 1. The number of amides is 3. The summed E-state index contributed by atoms with van der Waals surface area (Å²) >= 11 is 0. The second-order valence-corrected chi connectivity index (χ2v) is 8.17. The normalized spacial score (nSPS) is 17.9. The van der Waals surface area contributed by atoms with Crippen molar-refractivity contribution in [2.75, 3.05) is 5.32 Å². The number of urea groups is 1. The molecule has 6 nitrogen and oxygen atoms in total. The van der Waals surface area contributed by atoms with Crippen LogP contribution >= 0.6 is 0 Å². The largest absolute Gasteiger partial charge is 0.335 e. The van der Waals surface area contributed by atoms with Crippen molar-refractivity contribution in [1.82, 2.24) is 15.6 Å². The lowest BCUT2D eigenvalue weighted by molar-refractivity contribution is 0.102. The molecule has 0 radical (unpaired) electrons. The number of rotatable bonds is 6. The molecule has 2 aromatic carbocycles. The first-order valence-corrected chi connectivity index (χ1v) is 11.1. The predicted octanol–water partition coefficient (Wildman–Crippen LogP) is 4.86. The summed E-state index contributed by atoms with van der Waals surface area (Å²) in [5.74, 6) is 0.412. The Morgan fingerprint density at radius 3 is 2.22 bits per heavy atom. The SMILES string of the molecule is O=C(NCc1ccc(NC(=O)c2ccncc2)cc1)NC1CCC(c2ccccc2)CC1. The highest BCUT2D eigenvalue weighted by Gasteiger charge is 2.23. The number of hydrogen-bond acceptors (Lipinski definition) is 3. The van der Waals surface area contributed by atoms with E-state index in [1.807, 2.05) is 30.3 Å². The average Bonchev–Trinajstić information content (AvgIpc) is 2.85. The Bertz CT molecular complexity index is 1010. The zero-order valence-corrected chi connectivity index (χ0v) is 18.0. The molecular weight excluding hydrogens is 400 g/mol. The molecule has 3 N–H and O–H groups in total. The van der Waals surface area contributed by atoms with Gasteiger partial charge in [0, 0.05) is 36.2 Å². The van der Waals surface area contributed by atoms with Crippen molar-refractivity contribution < 1.29 is 9.59 Å². The highest BCUT2D eigenvalue weighted by Crippen LogP contribution is 2.32. The highest BCUT2D eigenvalue weighted by atomic mass is 16.2. The maximum absolute atomic E-state index is 12.3. The molecule has 0 atom stereocenters. The molecule has 1 aliphatic rings. The quantitative estimate of drug-likeness (QED) is 0.524. The van der Waals surface area contributed by atoms with Gasteiger partial charge >= 0.3 is 6.03 Å². The Labute approximate surface area is 188 Å². The Morgan fingerprint density at radius 1 is 0.844 bits per heavy atom. The van der Waals surface area contributed by atoms with Crippen molar-refractivity contribution in [3.05, 3.63) is 95.8 Å². The van der Waals surface area contributed by atoms with Crippen LogP contribution in [-0.2, 0) is 6.54 Å². The number of carbonyl (C=O) groups excluding carboxylic acids is 2. The summed E-state index contributed by atoms with van der Waals surface area (Å²) in [5.41, 5.74) is 3.63. The first-order chi connectivity index (χ1) is 15.7. The lowest BCUT2D eigenvalue weighted by Crippen LogP contribution is -2.43. The minimum absolute atomic E-state index is 0.136. The van der Waals surface area contributed by atoms with Crippen molar-refractivity contribution in [3.63, 3.8) is 0 Å². The number of pyridine rings is 1. The molecule has 1 aliphatic carbocycles. The van der Waals surface area contributed by atoms with E-state index in [2.05, 4.69) is 45.2 Å². The van der Waals surface area contributed by atoms with Crippen LogP contribution in [0.15, 0.2) is 79.1 Å². The molecule has 4 rings (SSSR count). The molecule has 32 heavy (non-hydrogen) atoms. The molecule has 1 heterocycles. The zero-order valence-electron chi connectivity index (χ0n) is 18.0. The van der Waals surface area contributed by atoms with Gasteiger partial charge in [0.1, 0.15) is 0 Å². The van der Waals surface area contributed by atoms with Gasteiger partial charge in [-0.15, -0.1) is 0 Å². The molecule has 1 aromatic heterocycles. The van der Waals surface area contributed by atoms with E-state index in [0.717, 1.165) is 31.2 Å². The van der Waals surface area contributed by atoms with Gasteiger partial charge in [0.25, 0.3) is 5.91 Å².